The first kappa shape index (κ1) is 49.8. The van der Waals surface area contributed by atoms with Gasteiger partial charge in [-0.3, -0.25) is 13.8 Å². The Morgan fingerprint density at radius 2 is 1.12 bits per heavy atom. The summed E-state index contributed by atoms with van der Waals surface area (Å²) < 4.78 is 34.7. The van der Waals surface area contributed by atoms with Crippen molar-refractivity contribution in [2.24, 2.45) is 0 Å². The molecule has 0 bridgehead atoms. The van der Waals surface area contributed by atoms with Gasteiger partial charge in [0, 0.05) is 6.42 Å². The number of carbonyl (C=O) groups excluding carboxylic acids is 1. The van der Waals surface area contributed by atoms with Gasteiger partial charge in [0.05, 0.1) is 34.0 Å². The Balaban J connectivity index is 4.28. The highest BCUT2D eigenvalue weighted by Gasteiger charge is 2.26. The lowest BCUT2D eigenvalue weighted by Crippen LogP contribution is -2.37. The number of rotatable bonds is 40. The quantitative estimate of drug-likeness (QED) is 0.0167. The van der Waals surface area contributed by atoms with Crippen LogP contribution in [0, 0.1) is 0 Å². The number of esters is 1. The molecule has 1 unspecified atom stereocenters. The second-order valence-electron chi connectivity index (χ2n) is 15.5. The lowest BCUT2D eigenvalue weighted by molar-refractivity contribution is -0.870. The van der Waals surface area contributed by atoms with Gasteiger partial charge in [-0.2, -0.15) is 0 Å². The maximum absolute atomic E-state index is 12.6. The molecular formula is C42H83NO7P+. The van der Waals surface area contributed by atoms with E-state index in [1.807, 2.05) is 33.3 Å². The molecule has 0 aromatic rings. The van der Waals surface area contributed by atoms with E-state index in [1.54, 1.807) is 6.26 Å². The molecule has 0 saturated heterocycles. The zero-order chi connectivity index (χ0) is 37.7. The van der Waals surface area contributed by atoms with Gasteiger partial charge >= 0.3 is 13.8 Å². The SMILES string of the molecule is C=CCCCCCCCCCCCCCCCC(=O)O[C@H](CO/C=C/CCCCCCCCCCCCCC)COP(=O)(O)OCC[N+](C)(C)C. The third kappa shape index (κ3) is 39.9. The van der Waals surface area contributed by atoms with Crippen molar-refractivity contribution >= 4 is 13.8 Å². The van der Waals surface area contributed by atoms with Gasteiger partial charge in [-0.05, 0) is 38.2 Å². The van der Waals surface area contributed by atoms with Gasteiger partial charge in [0.25, 0.3) is 0 Å². The van der Waals surface area contributed by atoms with Crippen molar-refractivity contribution in [1.82, 2.24) is 0 Å². The first-order valence-electron chi connectivity index (χ1n) is 21.1. The van der Waals surface area contributed by atoms with E-state index >= 15 is 0 Å². The molecular weight excluding hydrogens is 661 g/mol. The molecule has 0 fully saturated rings. The minimum absolute atomic E-state index is 0.0505. The molecule has 0 aromatic heterocycles. The van der Waals surface area contributed by atoms with Crippen molar-refractivity contribution in [2.45, 2.75) is 193 Å². The number of quaternary nitrogens is 1. The summed E-state index contributed by atoms with van der Waals surface area (Å²) in [5.74, 6) is -0.337. The van der Waals surface area contributed by atoms with Gasteiger partial charge in [-0.1, -0.05) is 154 Å². The van der Waals surface area contributed by atoms with Crippen LogP contribution in [0.25, 0.3) is 0 Å². The van der Waals surface area contributed by atoms with E-state index in [1.165, 1.54) is 135 Å². The fourth-order valence-corrected chi connectivity index (χ4v) is 6.65. The first-order valence-corrected chi connectivity index (χ1v) is 22.6. The minimum atomic E-state index is -4.28. The molecule has 0 aliphatic carbocycles. The van der Waals surface area contributed by atoms with Crippen LogP contribution in [0.3, 0.4) is 0 Å². The van der Waals surface area contributed by atoms with Crippen LogP contribution < -0.4 is 0 Å². The Hall–Kier alpha value is -1.18. The molecule has 0 rings (SSSR count). The van der Waals surface area contributed by atoms with Crippen LogP contribution in [0.5, 0.6) is 0 Å². The highest BCUT2D eigenvalue weighted by molar-refractivity contribution is 7.47. The van der Waals surface area contributed by atoms with Crippen LogP contribution in [-0.2, 0) is 27.9 Å². The van der Waals surface area contributed by atoms with Crippen LogP contribution in [0.15, 0.2) is 25.0 Å². The average Bonchev–Trinajstić information content (AvgIpc) is 3.08. The second kappa shape index (κ2) is 35.8. The van der Waals surface area contributed by atoms with E-state index in [4.69, 9.17) is 18.5 Å². The third-order valence-corrected chi connectivity index (χ3v) is 10.2. The molecule has 302 valence electrons. The summed E-state index contributed by atoms with van der Waals surface area (Å²) in [6, 6.07) is 0. The van der Waals surface area contributed by atoms with Gasteiger partial charge < -0.3 is 18.9 Å². The van der Waals surface area contributed by atoms with Crippen LogP contribution in [0.4, 0.5) is 0 Å². The molecule has 0 aliphatic heterocycles. The van der Waals surface area contributed by atoms with E-state index in [9.17, 15) is 14.3 Å². The summed E-state index contributed by atoms with van der Waals surface area (Å²) in [6.07, 6.45) is 39.0. The normalized spacial score (nSPS) is 13.7. The van der Waals surface area contributed by atoms with Crippen molar-refractivity contribution < 1.29 is 37.3 Å². The summed E-state index contributed by atoms with van der Waals surface area (Å²) >= 11 is 0. The van der Waals surface area contributed by atoms with E-state index in [-0.39, 0.29) is 25.8 Å². The van der Waals surface area contributed by atoms with Gasteiger partial charge in [0.15, 0.2) is 6.10 Å². The van der Waals surface area contributed by atoms with E-state index in [0.29, 0.717) is 17.4 Å². The molecule has 0 radical (unpaired) electrons. The zero-order valence-corrected chi connectivity index (χ0v) is 34.8. The number of allylic oxidation sites excluding steroid dienone is 2. The van der Waals surface area contributed by atoms with E-state index in [0.717, 1.165) is 38.5 Å². The lowest BCUT2D eigenvalue weighted by Gasteiger charge is -2.24. The Kier molecular flexibility index (Phi) is 35.0. The van der Waals surface area contributed by atoms with Crippen molar-refractivity contribution in [1.29, 1.82) is 0 Å². The molecule has 1 N–H and O–H groups in total. The molecule has 0 spiro atoms. The first-order chi connectivity index (χ1) is 24.6. The molecule has 0 aliphatic rings. The zero-order valence-electron chi connectivity index (χ0n) is 33.9. The van der Waals surface area contributed by atoms with Crippen LogP contribution >= 0.6 is 7.82 Å². The molecule has 0 saturated carbocycles. The summed E-state index contributed by atoms with van der Waals surface area (Å²) in [6.45, 7) is 6.46. The number of unbranched alkanes of at least 4 members (excludes halogenated alkanes) is 25. The fraction of sp³-hybridized carbons (Fsp3) is 0.881. The van der Waals surface area contributed by atoms with Gasteiger partial charge in [0.2, 0.25) is 0 Å². The summed E-state index contributed by atoms with van der Waals surface area (Å²) in [4.78, 5) is 22.8. The molecule has 51 heavy (non-hydrogen) atoms. The number of carbonyl (C=O) groups is 1. The Morgan fingerprint density at radius 1 is 0.667 bits per heavy atom. The van der Waals surface area contributed by atoms with Gasteiger partial charge in [-0.25, -0.2) is 4.57 Å². The average molecular weight is 745 g/mol. The maximum Gasteiger partial charge on any atom is 0.472 e. The second-order valence-corrected chi connectivity index (χ2v) is 17.0. The smallest absolute Gasteiger partial charge is 0.472 e. The molecule has 8 nitrogen and oxygen atoms in total. The summed E-state index contributed by atoms with van der Waals surface area (Å²) in [7, 11) is 1.64. The predicted molar refractivity (Wildman–Crippen MR) is 215 cm³/mol. The summed E-state index contributed by atoms with van der Waals surface area (Å²) in [5.41, 5.74) is 0. The molecule has 9 heteroatoms. The van der Waals surface area contributed by atoms with Crippen LogP contribution in [0.1, 0.15) is 187 Å². The highest BCUT2D eigenvalue weighted by atomic mass is 31.2. The van der Waals surface area contributed by atoms with Crippen LogP contribution in [-0.4, -0.2) is 69.0 Å². The Bertz CT molecular complexity index is 861. The topological polar surface area (TPSA) is 91.3 Å². The minimum Gasteiger partial charge on any atom is -0.498 e. The van der Waals surface area contributed by atoms with Crippen molar-refractivity contribution in [3.63, 3.8) is 0 Å². The van der Waals surface area contributed by atoms with Crippen molar-refractivity contribution in [3.05, 3.63) is 25.0 Å². The maximum atomic E-state index is 12.6. The van der Waals surface area contributed by atoms with E-state index in [2.05, 4.69) is 13.5 Å². The molecule has 0 aromatic carbocycles. The van der Waals surface area contributed by atoms with Gasteiger partial charge in [0.1, 0.15) is 19.8 Å². The number of hydrogen-bond acceptors (Lipinski definition) is 6. The molecule has 2 atom stereocenters. The van der Waals surface area contributed by atoms with Gasteiger partial charge in [-0.15, -0.1) is 6.58 Å². The largest absolute Gasteiger partial charge is 0.498 e. The lowest BCUT2D eigenvalue weighted by atomic mass is 10.0. The van der Waals surface area contributed by atoms with Crippen molar-refractivity contribution in [3.8, 4) is 0 Å². The number of hydrogen-bond donors (Lipinski definition) is 1. The number of likely N-dealkylation sites (N-methyl/N-ethyl adjacent to an activating group) is 1. The Morgan fingerprint density at radius 3 is 1.59 bits per heavy atom. The Labute approximate surface area is 315 Å². The fourth-order valence-electron chi connectivity index (χ4n) is 5.91. The number of nitrogens with zero attached hydrogens (tertiary/aromatic N) is 1. The number of ether oxygens (including phenoxy) is 2. The highest BCUT2D eigenvalue weighted by Crippen LogP contribution is 2.43. The van der Waals surface area contributed by atoms with Crippen molar-refractivity contribution in [2.75, 3.05) is 47.5 Å². The standard InChI is InChI=1S/C42H82NO7P/c1-6-8-10-12-14-16-18-20-22-23-25-27-29-31-33-35-42(44)50-41(40-49-51(45,46)48-38-36-43(3,4)5)39-47-37-34-32-30-28-26-24-21-19-17-15-13-11-9-7-2/h6,34,37,41H,1,7-33,35-36,38-40H2,2-5H3/p+1/b37-34+/t41-/m1/s1. The third-order valence-electron chi connectivity index (χ3n) is 9.23. The predicted octanol–water partition coefficient (Wildman–Crippen LogP) is 12.4. The van der Waals surface area contributed by atoms with E-state index < -0.39 is 13.9 Å². The van der Waals surface area contributed by atoms with Crippen LogP contribution in [0.2, 0.25) is 0 Å². The summed E-state index contributed by atoms with van der Waals surface area (Å²) in [5, 5.41) is 0. The molecule has 0 amide bonds. The monoisotopic (exact) mass is 745 g/mol. The number of phosphoric acid groups is 1. The number of phosphoric ester groups is 1. The molecule has 0 heterocycles.